The van der Waals surface area contributed by atoms with Crippen molar-refractivity contribution in [3.63, 3.8) is 0 Å². The van der Waals surface area contributed by atoms with Gasteiger partial charge in [0.15, 0.2) is 5.96 Å². The van der Waals surface area contributed by atoms with Crippen molar-refractivity contribution in [1.82, 2.24) is 20.4 Å². The van der Waals surface area contributed by atoms with Crippen LogP contribution >= 0.6 is 0 Å². The lowest BCUT2D eigenvalue weighted by atomic mass is 10.1. The number of furan rings is 1. The normalized spacial score (nSPS) is 17.7. The third-order valence-corrected chi connectivity index (χ3v) is 6.12. The number of carbonyl (C=O) groups is 2. The van der Waals surface area contributed by atoms with E-state index in [4.69, 9.17) is 4.42 Å². The van der Waals surface area contributed by atoms with Gasteiger partial charge >= 0.3 is 0 Å². The highest BCUT2D eigenvalue weighted by Crippen LogP contribution is 2.25. The summed E-state index contributed by atoms with van der Waals surface area (Å²) in [5.74, 6) is 1.32. The topological polar surface area (TPSA) is 90.2 Å². The maximum absolute atomic E-state index is 12.4. The van der Waals surface area contributed by atoms with Gasteiger partial charge in [-0.3, -0.25) is 24.4 Å². The molecular formula is C24H31N5O3. The van der Waals surface area contributed by atoms with E-state index in [0.29, 0.717) is 30.8 Å². The fourth-order valence-corrected chi connectivity index (χ4v) is 4.40. The fourth-order valence-electron chi connectivity index (χ4n) is 4.40. The summed E-state index contributed by atoms with van der Waals surface area (Å²) in [6, 6.07) is 11.1. The molecule has 1 atom stereocenters. The molecule has 4 rings (SSSR count). The van der Waals surface area contributed by atoms with Crippen LogP contribution in [-0.2, 0) is 0 Å². The number of hydrogen-bond donors (Lipinski definition) is 2. The second-order valence-corrected chi connectivity index (χ2v) is 8.17. The Kier molecular flexibility index (Phi) is 7.21. The molecule has 2 aliphatic heterocycles. The minimum Gasteiger partial charge on any atom is -0.468 e. The van der Waals surface area contributed by atoms with Gasteiger partial charge in [-0.2, -0.15) is 0 Å². The average molecular weight is 438 g/mol. The molecule has 2 aromatic rings. The number of carbonyl (C=O) groups excluding carboxylic acids is 2. The molecule has 8 nitrogen and oxygen atoms in total. The van der Waals surface area contributed by atoms with E-state index in [-0.39, 0.29) is 17.9 Å². The number of rotatable bonds is 9. The molecule has 1 aromatic carbocycles. The van der Waals surface area contributed by atoms with Crippen molar-refractivity contribution in [1.29, 1.82) is 0 Å². The summed E-state index contributed by atoms with van der Waals surface area (Å²) in [5.41, 5.74) is 1.01. The van der Waals surface area contributed by atoms with Gasteiger partial charge in [-0.15, -0.1) is 0 Å². The van der Waals surface area contributed by atoms with Crippen LogP contribution in [0.15, 0.2) is 52.1 Å². The Morgan fingerprint density at radius 2 is 1.75 bits per heavy atom. The molecule has 32 heavy (non-hydrogen) atoms. The zero-order chi connectivity index (χ0) is 22.3. The highest BCUT2D eigenvalue weighted by Gasteiger charge is 2.34. The van der Waals surface area contributed by atoms with E-state index in [2.05, 4.69) is 20.5 Å². The van der Waals surface area contributed by atoms with E-state index in [1.165, 1.54) is 17.7 Å². The molecule has 1 aromatic heterocycles. The molecule has 2 amide bonds. The van der Waals surface area contributed by atoms with Gasteiger partial charge in [0.2, 0.25) is 0 Å². The smallest absolute Gasteiger partial charge is 0.261 e. The van der Waals surface area contributed by atoms with Crippen molar-refractivity contribution in [3.05, 3.63) is 59.5 Å². The zero-order valence-electron chi connectivity index (χ0n) is 18.5. The quantitative estimate of drug-likeness (QED) is 0.271. The number of aliphatic imine (C=N–C) groups is 1. The maximum Gasteiger partial charge on any atom is 0.261 e. The van der Waals surface area contributed by atoms with Gasteiger partial charge in [0.25, 0.3) is 11.8 Å². The first-order valence-electron chi connectivity index (χ1n) is 11.4. The Balaban J connectivity index is 1.20. The van der Waals surface area contributed by atoms with Crippen LogP contribution in [0.3, 0.4) is 0 Å². The summed E-state index contributed by atoms with van der Waals surface area (Å²) in [4.78, 5) is 33.0. The molecule has 8 heteroatoms. The van der Waals surface area contributed by atoms with Gasteiger partial charge in [-0.05, 0) is 63.0 Å². The molecule has 0 radical (unpaired) electrons. The molecule has 2 aliphatic rings. The van der Waals surface area contributed by atoms with Crippen LogP contribution < -0.4 is 10.6 Å². The van der Waals surface area contributed by atoms with Crippen LogP contribution in [0.2, 0.25) is 0 Å². The minimum absolute atomic E-state index is 0.180. The Morgan fingerprint density at radius 3 is 2.38 bits per heavy atom. The molecule has 0 saturated carbocycles. The van der Waals surface area contributed by atoms with Crippen molar-refractivity contribution in [2.75, 3.05) is 39.8 Å². The third-order valence-electron chi connectivity index (χ3n) is 6.12. The zero-order valence-corrected chi connectivity index (χ0v) is 18.5. The van der Waals surface area contributed by atoms with Gasteiger partial charge in [0.05, 0.1) is 23.4 Å². The predicted molar refractivity (Wildman–Crippen MR) is 123 cm³/mol. The molecule has 1 fully saturated rings. The maximum atomic E-state index is 12.4. The summed E-state index contributed by atoms with van der Waals surface area (Å²) in [6.07, 6.45) is 5.72. The molecule has 1 unspecified atom stereocenters. The highest BCUT2D eigenvalue weighted by molar-refractivity contribution is 6.21. The lowest BCUT2D eigenvalue weighted by molar-refractivity contribution is 0.0652. The summed E-state index contributed by atoms with van der Waals surface area (Å²) in [6.45, 7) is 4.00. The first kappa shape index (κ1) is 22.1. The Bertz CT molecular complexity index is 915. The highest BCUT2D eigenvalue weighted by atomic mass is 16.3. The molecule has 1 saturated heterocycles. The van der Waals surface area contributed by atoms with Gasteiger partial charge in [0.1, 0.15) is 5.76 Å². The molecule has 0 aliphatic carbocycles. The van der Waals surface area contributed by atoms with Crippen LogP contribution in [-0.4, -0.2) is 67.3 Å². The monoisotopic (exact) mass is 437 g/mol. The van der Waals surface area contributed by atoms with Crippen molar-refractivity contribution in [3.8, 4) is 0 Å². The molecule has 2 N–H and O–H groups in total. The molecule has 170 valence electrons. The summed E-state index contributed by atoms with van der Waals surface area (Å²) in [7, 11) is 1.76. The second kappa shape index (κ2) is 10.5. The van der Waals surface area contributed by atoms with Crippen molar-refractivity contribution in [2.24, 2.45) is 4.99 Å². The largest absolute Gasteiger partial charge is 0.468 e. The van der Waals surface area contributed by atoms with Gasteiger partial charge < -0.3 is 15.1 Å². The van der Waals surface area contributed by atoms with Crippen LogP contribution in [0.5, 0.6) is 0 Å². The fraction of sp³-hybridized carbons (Fsp3) is 0.458. The number of nitrogens with zero attached hydrogens (tertiary/aromatic N) is 3. The molecular weight excluding hydrogens is 406 g/mol. The number of fused-ring (bicyclic) bond motifs is 1. The average Bonchev–Trinajstić information content (AvgIpc) is 3.58. The first-order chi connectivity index (χ1) is 15.7. The number of imide groups is 1. The van der Waals surface area contributed by atoms with Crippen LogP contribution in [0.1, 0.15) is 58.2 Å². The van der Waals surface area contributed by atoms with Crippen molar-refractivity contribution < 1.29 is 14.0 Å². The number of guanidine groups is 1. The number of hydrogen-bond acceptors (Lipinski definition) is 5. The summed E-state index contributed by atoms with van der Waals surface area (Å²) < 4.78 is 5.67. The van der Waals surface area contributed by atoms with Gasteiger partial charge in [0, 0.05) is 26.7 Å². The molecule has 0 bridgehead atoms. The minimum atomic E-state index is -0.193. The lowest BCUT2D eigenvalue weighted by Crippen LogP contribution is -2.43. The van der Waals surface area contributed by atoms with E-state index in [9.17, 15) is 9.59 Å². The van der Waals surface area contributed by atoms with Crippen molar-refractivity contribution in [2.45, 2.75) is 31.7 Å². The predicted octanol–water partition coefficient (Wildman–Crippen LogP) is 2.66. The van der Waals surface area contributed by atoms with E-state index in [1.807, 2.05) is 12.1 Å². The van der Waals surface area contributed by atoms with Gasteiger partial charge in [-0.1, -0.05) is 12.1 Å². The van der Waals surface area contributed by atoms with E-state index in [1.54, 1.807) is 37.6 Å². The summed E-state index contributed by atoms with van der Waals surface area (Å²) >= 11 is 0. The van der Waals surface area contributed by atoms with Gasteiger partial charge in [-0.25, -0.2) is 0 Å². The number of benzene rings is 1. The number of likely N-dealkylation sites (tertiary alicyclic amines) is 1. The standard InChI is InChI=1S/C24H31N5O3/c1-25-24(27-17-20(21-11-8-16-32-21)28-13-6-7-14-28)26-12-4-5-15-29-22(30)18-9-2-3-10-19(18)23(29)31/h2-3,8-11,16,20H,4-7,12-15,17H2,1H3,(H2,25,26,27). The molecule has 0 spiro atoms. The second-order valence-electron chi connectivity index (χ2n) is 8.17. The van der Waals surface area contributed by atoms with Crippen LogP contribution in [0.25, 0.3) is 0 Å². The summed E-state index contributed by atoms with van der Waals surface area (Å²) in [5, 5.41) is 6.74. The number of unbranched alkanes of at least 4 members (excludes halogenated alkanes) is 1. The molecule has 3 heterocycles. The Hall–Kier alpha value is -3.13. The number of amides is 2. The lowest BCUT2D eigenvalue weighted by Gasteiger charge is -2.26. The Labute approximate surface area is 188 Å². The van der Waals surface area contributed by atoms with E-state index < -0.39 is 0 Å². The SMILES string of the molecule is CN=C(NCCCCN1C(=O)c2ccccc2C1=O)NCC(c1ccco1)N1CCCC1. The Morgan fingerprint density at radius 1 is 1.03 bits per heavy atom. The van der Waals surface area contributed by atoms with Crippen molar-refractivity contribution >= 4 is 17.8 Å². The number of nitrogens with one attached hydrogen (secondary N) is 2. The van der Waals surface area contributed by atoms with Crippen LogP contribution in [0, 0.1) is 0 Å². The van der Waals surface area contributed by atoms with Crippen LogP contribution in [0.4, 0.5) is 0 Å². The van der Waals surface area contributed by atoms with E-state index in [0.717, 1.165) is 37.7 Å². The third kappa shape index (κ3) is 4.85. The van der Waals surface area contributed by atoms with E-state index >= 15 is 0 Å². The first-order valence-corrected chi connectivity index (χ1v) is 11.4.